The lowest BCUT2D eigenvalue weighted by Crippen LogP contribution is -2.36. The second-order valence-electron chi connectivity index (χ2n) is 8.80. The smallest absolute Gasteiger partial charge is 0.319 e. The molecular weight excluding hydrogens is 398 g/mol. The summed E-state index contributed by atoms with van der Waals surface area (Å²) in [5.74, 6) is 0.893. The molecule has 0 aliphatic carbocycles. The van der Waals surface area contributed by atoms with Crippen molar-refractivity contribution in [1.82, 2.24) is 24.7 Å². The first kappa shape index (κ1) is 20.4. The molecule has 5 rings (SSSR count). The number of nitrogens with one attached hydrogen (secondary N) is 1. The van der Waals surface area contributed by atoms with Crippen molar-refractivity contribution in [2.45, 2.75) is 20.4 Å². The highest BCUT2D eigenvalue weighted by atomic mass is 16.2. The van der Waals surface area contributed by atoms with E-state index in [0.717, 1.165) is 55.5 Å². The first-order valence-electron chi connectivity index (χ1n) is 11.2. The molecule has 1 aromatic heterocycles. The van der Waals surface area contributed by atoms with Gasteiger partial charge in [0, 0.05) is 45.0 Å². The number of carbonyl (C=O) groups is 1. The summed E-state index contributed by atoms with van der Waals surface area (Å²) in [6.07, 6.45) is 4.14. The van der Waals surface area contributed by atoms with Gasteiger partial charge >= 0.3 is 6.03 Å². The van der Waals surface area contributed by atoms with Gasteiger partial charge in [-0.1, -0.05) is 42.5 Å². The Kier molecular flexibility index (Phi) is 5.21. The lowest BCUT2D eigenvalue weighted by molar-refractivity contribution is 0.193. The molecule has 0 spiro atoms. The fraction of sp³-hybridized carbons (Fsp3) is 0.308. The summed E-state index contributed by atoms with van der Waals surface area (Å²) >= 11 is 0. The van der Waals surface area contributed by atoms with Crippen LogP contribution in [0.5, 0.6) is 0 Å². The third-order valence-electron chi connectivity index (χ3n) is 6.57. The highest BCUT2D eigenvalue weighted by Crippen LogP contribution is 2.27. The Morgan fingerprint density at radius 2 is 1.69 bits per heavy atom. The zero-order chi connectivity index (χ0) is 22.2. The molecule has 2 amide bonds. The normalized spacial score (nSPS) is 15.6. The Morgan fingerprint density at radius 3 is 2.41 bits per heavy atom. The lowest BCUT2D eigenvalue weighted by atomic mass is 9.99. The van der Waals surface area contributed by atoms with Crippen LogP contribution in [0.2, 0.25) is 0 Å². The van der Waals surface area contributed by atoms with Crippen molar-refractivity contribution < 1.29 is 4.79 Å². The standard InChI is InChI=1S/C26H29N5O/c1-18-4-5-22(16-19(18)2)20-6-8-21(9-7-20)25-27-23-10-11-30(17-24(23)28-25)13-15-31-14-12-29(3)26(31)32/h4-11,16H,12-15,17H2,1-3H3,(H,27,28). The number of hydrogen-bond donors (Lipinski definition) is 1. The van der Waals surface area contributed by atoms with Crippen LogP contribution in [0, 0.1) is 13.8 Å². The molecule has 1 saturated heterocycles. The molecule has 0 saturated carbocycles. The van der Waals surface area contributed by atoms with E-state index in [2.05, 4.69) is 78.5 Å². The number of hydrogen-bond acceptors (Lipinski definition) is 3. The largest absolute Gasteiger partial charge is 0.370 e. The summed E-state index contributed by atoms with van der Waals surface area (Å²) in [6.45, 7) is 8.24. The number of aryl methyl sites for hydroxylation is 2. The maximum Gasteiger partial charge on any atom is 0.319 e. The molecule has 1 N–H and O–H groups in total. The number of aromatic nitrogens is 2. The second-order valence-corrected chi connectivity index (χ2v) is 8.80. The Bertz CT molecular complexity index is 1180. The zero-order valence-corrected chi connectivity index (χ0v) is 18.9. The molecule has 0 bridgehead atoms. The molecule has 2 aliphatic rings. The topological polar surface area (TPSA) is 55.5 Å². The molecule has 0 atom stereocenters. The van der Waals surface area contributed by atoms with Crippen LogP contribution in [0.15, 0.2) is 48.7 Å². The van der Waals surface area contributed by atoms with Gasteiger partial charge in [0.05, 0.1) is 17.9 Å². The van der Waals surface area contributed by atoms with Crippen LogP contribution in [-0.2, 0) is 6.54 Å². The van der Waals surface area contributed by atoms with Crippen LogP contribution in [-0.4, -0.2) is 63.9 Å². The first-order chi connectivity index (χ1) is 15.5. The highest BCUT2D eigenvalue weighted by molar-refractivity contribution is 5.76. The number of carbonyl (C=O) groups excluding carboxylic acids is 1. The summed E-state index contributed by atoms with van der Waals surface area (Å²) in [5, 5.41) is 0. The van der Waals surface area contributed by atoms with E-state index in [1.807, 2.05) is 11.9 Å². The third kappa shape index (κ3) is 3.88. The fourth-order valence-electron chi connectivity index (χ4n) is 4.30. The molecule has 0 radical (unpaired) electrons. The fourth-order valence-corrected chi connectivity index (χ4v) is 4.30. The number of urea groups is 1. The number of likely N-dealkylation sites (N-methyl/N-ethyl adjacent to an activating group) is 1. The minimum atomic E-state index is 0.125. The Hall–Kier alpha value is -3.54. The summed E-state index contributed by atoms with van der Waals surface area (Å²) in [4.78, 5) is 26.3. The number of rotatable bonds is 5. The minimum Gasteiger partial charge on any atom is -0.370 e. The number of aromatic amines is 1. The minimum absolute atomic E-state index is 0.125. The number of H-pyrrole nitrogens is 1. The summed E-state index contributed by atoms with van der Waals surface area (Å²) in [7, 11) is 1.86. The van der Waals surface area contributed by atoms with Gasteiger partial charge in [0.1, 0.15) is 5.82 Å². The van der Waals surface area contributed by atoms with Gasteiger partial charge in [-0.3, -0.25) is 0 Å². The number of benzene rings is 2. The van der Waals surface area contributed by atoms with E-state index < -0.39 is 0 Å². The van der Waals surface area contributed by atoms with Crippen LogP contribution in [0.4, 0.5) is 4.79 Å². The van der Waals surface area contributed by atoms with Crippen LogP contribution in [0.25, 0.3) is 28.6 Å². The number of imidazole rings is 1. The summed E-state index contributed by atoms with van der Waals surface area (Å²) in [5.41, 5.74) is 8.26. The van der Waals surface area contributed by atoms with Crippen molar-refractivity contribution in [1.29, 1.82) is 0 Å². The summed E-state index contributed by atoms with van der Waals surface area (Å²) < 4.78 is 0. The van der Waals surface area contributed by atoms with E-state index in [1.54, 1.807) is 4.90 Å². The van der Waals surface area contributed by atoms with Gasteiger partial charge in [-0.25, -0.2) is 9.78 Å². The van der Waals surface area contributed by atoms with Crippen molar-refractivity contribution in [2.75, 3.05) is 33.2 Å². The molecule has 6 nitrogen and oxygen atoms in total. The molecule has 6 heteroatoms. The molecule has 0 unspecified atom stereocenters. The highest BCUT2D eigenvalue weighted by Gasteiger charge is 2.25. The van der Waals surface area contributed by atoms with E-state index in [1.165, 1.54) is 22.3 Å². The molecule has 3 heterocycles. The molecule has 32 heavy (non-hydrogen) atoms. The van der Waals surface area contributed by atoms with Gasteiger partial charge in [0.25, 0.3) is 0 Å². The van der Waals surface area contributed by atoms with Crippen LogP contribution in [0.1, 0.15) is 22.5 Å². The van der Waals surface area contributed by atoms with Crippen molar-refractivity contribution >= 4 is 12.1 Å². The van der Waals surface area contributed by atoms with Crippen LogP contribution in [0.3, 0.4) is 0 Å². The third-order valence-corrected chi connectivity index (χ3v) is 6.57. The number of fused-ring (bicyclic) bond motifs is 1. The predicted octanol–water partition coefficient (Wildman–Crippen LogP) is 4.51. The molecular formula is C26H29N5O. The number of amides is 2. The zero-order valence-electron chi connectivity index (χ0n) is 18.9. The van der Waals surface area contributed by atoms with E-state index in [4.69, 9.17) is 4.98 Å². The Labute approximate surface area is 189 Å². The van der Waals surface area contributed by atoms with E-state index >= 15 is 0 Å². The maximum absolute atomic E-state index is 12.1. The maximum atomic E-state index is 12.1. The average molecular weight is 428 g/mol. The quantitative estimate of drug-likeness (QED) is 0.652. The SMILES string of the molecule is Cc1ccc(-c2ccc(-c3nc4c([nH]3)CN(CCN3CCN(C)C3=O)C=C4)cc2)cc1C. The van der Waals surface area contributed by atoms with Crippen molar-refractivity contribution in [3.05, 3.63) is 71.2 Å². The number of nitrogens with zero attached hydrogens (tertiary/aromatic N) is 4. The molecule has 1 fully saturated rings. The molecule has 3 aromatic rings. The van der Waals surface area contributed by atoms with Crippen molar-refractivity contribution in [2.24, 2.45) is 0 Å². The van der Waals surface area contributed by atoms with Crippen molar-refractivity contribution in [3.8, 4) is 22.5 Å². The monoisotopic (exact) mass is 427 g/mol. The van der Waals surface area contributed by atoms with Crippen LogP contribution < -0.4 is 0 Å². The Balaban J connectivity index is 1.26. The Morgan fingerprint density at radius 1 is 0.938 bits per heavy atom. The van der Waals surface area contributed by atoms with E-state index in [9.17, 15) is 4.79 Å². The van der Waals surface area contributed by atoms with Gasteiger partial charge < -0.3 is 19.7 Å². The molecule has 164 valence electrons. The molecule has 2 aliphatic heterocycles. The van der Waals surface area contributed by atoms with Crippen LogP contribution >= 0.6 is 0 Å². The van der Waals surface area contributed by atoms with Gasteiger partial charge in [-0.2, -0.15) is 0 Å². The lowest BCUT2D eigenvalue weighted by Gasteiger charge is -2.25. The van der Waals surface area contributed by atoms with Gasteiger partial charge in [0.15, 0.2) is 0 Å². The van der Waals surface area contributed by atoms with Crippen molar-refractivity contribution in [3.63, 3.8) is 0 Å². The van der Waals surface area contributed by atoms with Gasteiger partial charge in [-0.05, 0) is 42.2 Å². The van der Waals surface area contributed by atoms with E-state index in [0.29, 0.717) is 0 Å². The predicted molar refractivity (Wildman–Crippen MR) is 128 cm³/mol. The van der Waals surface area contributed by atoms with Gasteiger partial charge in [0.2, 0.25) is 0 Å². The average Bonchev–Trinajstić information content (AvgIpc) is 3.37. The van der Waals surface area contributed by atoms with Gasteiger partial charge in [-0.15, -0.1) is 0 Å². The second kappa shape index (κ2) is 8.19. The molecule has 2 aromatic carbocycles. The first-order valence-corrected chi connectivity index (χ1v) is 11.2. The summed E-state index contributed by atoms with van der Waals surface area (Å²) in [6, 6.07) is 15.3. The van der Waals surface area contributed by atoms with E-state index in [-0.39, 0.29) is 6.03 Å².